The molecule has 1 aliphatic rings. The van der Waals surface area contributed by atoms with Crippen molar-refractivity contribution < 1.29 is 18.4 Å². The lowest BCUT2D eigenvalue weighted by Crippen LogP contribution is -2.32. The molecule has 1 atom stereocenters. The van der Waals surface area contributed by atoms with E-state index >= 15 is 0 Å². The predicted octanol–water partition coefficient (Wildman–Crippen LogP) is 4.68. The van der Waals surface area contributed by atoms with Gasteiger partial charge < -0.3 is 18.9 Å². The van der Waals surface area contributed by atoms with Gasteiger partial charge in [0.2, 0.25) is 5.91 Å². The zero-order chi connectivity index (χ0) is 22.3. The fourth-order valence-electron chi connectivity index (χ4n) is 4.43. The Balaban J connectivity index is 1.64. The van der Waals surface area contributed by atoms with Crippen LogP contribution in [0.15, 0.2) is 26.0 Å². The highest BCUT2D eigenvalue weighted by Gasteiger charge is 2.24. The van der Waals surface area contributed by atoms with E-state index < -0.39 is 0 Å². The lowest BCUT2D eigenvalue weighted by molar-refractivity contribution is -0.121. The van der Waals surface area contributed by atoms with Crippen LogP contribution in [0.5, 0.6) is 0 Å². The molecule has 0 bridgehead atoms. The minimum atomic E-state index is -0.387. The fourth-order valence-corrected chi connectivity index (χ4v) is 4.43. The summed E-state index contributed by atoms with van der Waals surface area (Å²) in [6, 6.07) is 2.06. The van der Waals surface area contributed by atoms with Gasteiger partial charge >= 0.3 is 5.63 Å². The van der Waals surface area contributed by atoms with E-state index in [0.717, 1.165) is 52.5 Å². The van der Waals surface area contributed by atoms with Gasteiger partial charge in [-0.3, -0.25) is 4.79 Å². The van der Waals surface area contributed by atoms with E-state index in [1.54, 1.807) is 6.26 Å². The summed E-state index contributed by atoms with van der Waals surface area (Å²) < 4.78 is 17.1. The molecular weight excluding hydrogens is 394 g/mol. The van der Waals surface area contributed by atoms with Crippen molar-refractivity contribution >= 4 is 27.8 Å². The van der Waals surface area contributed by atoms with Gasteiger partial charge in [-0.15, -0.1) is 0 Å². The maximum Gasteiger partial charge on any atom is 0.339 e. The first-order chi connectivity index (χ1) is 14.7. The Bertz CT molecular complexity index is 1190. The Morgan fingerprint density at radius 1 is 1.16 bits per heavy atom. The number of hydrogen-bond acceptors (Lipinski definition) is 5. The van der Waals surface area contributed by atoms with Crippen molar-refractivity contribution in [3.05, 3.63) is 45.0 Å². The third-order valence-corrected chi connectivity index (χ3v) is 6.30. The van der Waals surface area contributed by atoms with E-state index in [1.807, 2.05) is 13.8 Å². The first-order valence-electron chi connectivity index (χ1n) is 11.0. The highest BCUT2D eigenvalue weighted by atomic mass is 16.5. The van der Waals surface area contributed by atoms with E-state index in [2.05, 4.69) is 32.2 Å². The van der Waals surface area contributed by atoms with Gasteiger partial charge in [0.15, 0.2) is 0 Å². The molecule has 1 N–H and O–H groups in total. The summed E-state index contributed by atoms with van der Waals surface area (Å²) in [7, 11) is 0. The second-order valence-corrected chi connectivity index (χ2v) is 9.59. The molecule has 1 aliphatic heterocycles. The van der Waals surface area contributed by atoms with E-state index in [0.29, 0.717) is 24.1 Å². The Hall–Kier alpha value is -2.60. The van der Waals surface area contributed by atoms with Crippen molar-refractivity contribution in [1.29, 1.82) is 0 Å². The first-order valence-corrected chi connectivity index (χ1v) is 11.0. The monoisotopic (exact) mass is 425 g/mol. The van der Waals surface area contributed by atoms with Crippen LogP contribution in [-0.2, 0) is 21.4 Å². The molecular formula is C25H31NO5. The van der Waals surface area contributed by atoms with Crippen LogP contribution in [-0.4, -0.2) is 25.2 Å². The minimum absolute atomic E-state index is 0.0706. The highest BCUT2D eigenvalue weighted by molar-refractivity contribution is 6.00. The number of hydrogen-bond donors (Lipinski definition) is 1. The smallest absolute Gasteiger partial charge is 0.339 e. The summed E-state index contributed by atoms with van der Waals surface area (Å²) in [6.07, 6.45) is 4.50. The molecule has 1 amide bonds. The molecule has 1 aromatic carbocycles. The summed E-state index contributed by atoms with van der Waals surface area (Å²) in [4.78, 5) is 25.0. The number of benzene rings is 1. The van der Waals surface area contributed by atoms with Gasteiger partial charge in [0, 0.05) is 47.0 Å². The van der Waals surface area contributed by atoms with Crippen molar-refractivity contribution in [1.82, 2.24) is 5.32 Å². The summed E-state index contributed by atoms with van der Waals surface area (Å²) in [5.74, 6) is -0.0779. The number of carbonyl (C=O) groups excluding carboxylic acids is 1. The lowest BCUT2D eigenvalue weighted by Gasteiger charge is -2.17. The number of fused-ring (bicyclic) bond motifs is 2. The van der Waals surface area contributed by atoms with Gasteiger partial charge in [0.05, 0.1) is 12.4 Å². The third-order valence-electron chi connectivity index (χ3n) is 6.30. The number of furan rings is 1. The zero-order valence-corrected chi connectivity index (χ0v) is 19.0. The first kappa shape index (κ1) is 21.6. The number of rotatable bonds is 5. The molecule has 166 valence electrons. The Kier molecular flexibility index (Phi) is 5.69. The van der Waals surface area contributed by atoms with E-state index in [-0.39, 0.29) is 29.5 Å². The van der Waals surface area contributed by atoms with Crippen molar-refractivity contribution in [2.24, 2.45) is 0 Å². The molecule has 2 aromatic heterocycles. The minimum Gasteiger partial charge on any atom is -0.464 e. The van der Waals surface area contributed by atoms with E-state index in [1.165, 1.54) is 0 Å². The van der Waals surface area contributed by atoms with Crippen molar-refractivity contribution in [3.63, 3.8) is 0 Å². The maximum absolute atomic E-state index is 12.7. The number of aryl methyl sites for hydroxylation is 2. The molecule has 0 spiro atoms. The standard InChI is InChI=1S/C25H31NO5/c1-14-17(8-9-21(27)26-12-16-7-6-10-29-16)24(28)31-23-15(2)22-19(11-18(14)23)20(13-30-22)25(3,4)5/h11,13,16H,6-10,12H2,1-5H3,(H,26,27)/t16-/m0/s1. The Labute approximate surface area is 181 Å². The van der Waals surface area contributed by atoms with Crippen LogP contribution < -0.4 is 10.9 Å². The molecule has 3 aromatic rings. The van der Waals surface area contributed by atoms with Gasteiger partial charge in [-0.05, 0) is 50.2 Å². The van der Waals surface area contributed by atoms with Gasteiger partial charge in [-0.2, -0.15) is 0 Å². The van der Waals surface area contributed by atoms with E-state index in [9.17, 15) is 9.59 Å². The molecule has 3 heterocycles. The zero-order valence-electron chi connectivity index (χ0n) is 19.0. The molecule has 0 unspecified atom stereocenters. The summed E-state index contributed by atoms with van der Waals surface area (Å²) in [6.45, 7) is 11.6. The van der Waals surface area contributed by atoms with E-state index in [4.69, 9.17) is 13.6 Å². The highest BCUT2D eigenvalue weighted by Crippen LogP contribution is 2.37. The quantitative estimate of drug-likeness (QED) is 0.600. The molecule has 6 heteroatoms. The Morgan fingerprint density at radius 2 is 1.94 bits per heavy atom. The van der Waals surface area contributed by atoms with Gasteiger partial charge in [0.1, 0.15) is 11.2 Å². The summed E-state index contributed by atoms with van der Waals surface area (Å²) in [5.41, 5.74) is 4.21. The molecule has 0 saturated carbocycles. The third kappa shape index (κ3) is 4.13. The van der Waals surface area contributed by atoms with Crippen LogP contribution >= 0.6 is 0 Å². The second-order valence-electron chi connectivity index (χ2n) is 9.59. The predicted molar refractivity (Wildman–Crippen MR) is 121 cm³/mol. The largest absolute Gasteiger partial charge is 0.464 e. The lowest BCUT2D eigenvalue weighted by atomic mass is 9.86. The average molecular weight is 426 g/mol. The topological polar surface area (TPSA) is 81.7 Å². The van der Waals surface area contributed by atoms with Crippen LogP contribution in [0, 0.1) is 13.8 Å². The van der Waals surface area contributed by atoms with Crippen LogP contribution in [0.1, 0.15) is 62.3 Å². The maximum atomic E-state index is 12.7. The normalized spacial score (nSPS) is 17.0. The number of amides is 1. The summed E-state index contributed by atoms with van der Waals surface area (Å²) in [5, 5.41) is 4.85. The van der Waals surface area contributed by atoms with Crippen LogP contribution in [0.25, 0.3) is 21.9 Å². The molecule has 0 aliphatic carbocycles. The molecule has 1 saturated heterocycles. The molecule has 6 nitrogen and oxygen atoms in total. The van der Waals surface area contributed by atoms with Crippen molar-refractivity contribution in [3.8, 4) is 0 Å². The average Bonchev–Trinajstić information content (AvgIpc) is 3.36. The Morgan fingerprint density at radius 3 is 2.61 bits per heavy atom. The fraction of sp³-hybridized carbons (Fsp3) is 0.520. The van der Waals surface area contributed by atoms with Crippen LogP contribution in [0.4, 0.5) is 0 Å². The SMILES string of the molecule is Cc1c(CCC(=O)NC[C@@H]2CCCO2)c(=O)oc2c(C)c3occ(C(C)(C)C)c3cc12. The number of ether oxygens (including phenoxy) is 1. The van der Waals surface area contributed by atoms with Crippen LogP contribution in [0.3, 0.4) is 0 Å². The van der Waals surface area contributed by atoms with Gasteiger partial charge in [-0.25, -0.2) is 4.79 Å². The second kappa shape index (κ2) is 8.15. The van der Waals surface area contributed by atoms with Crippen molar-refractivity contribution in [2.45, 2.75) is 71.8 Å². The molecule has 4 rings (SSSR count). The van der Waals surface area contributed by atoms with Crippen molar-refractivity contribution in [2.75, 3.05) is 13.2 Å². The summed E-state index contributed by atoms with van der Waals surface area (Å²) >= 11 is 0. The molecule has 0 radical (unpaired) electrons. The van der Waals surface area contributed by atoms with Gasteiger partial charge in [0.25, 0.3) is 0 Å². The van der Waals surface area contributed by atoms with Gasteiger partial charge in [-0.1, -0.05) is 20.8 Å². The number of carbonyl (C=O) groups is 1. The molecule has 31 heavy (non-hydrogen) atoms. The van der Waals surface area contributed by atoms with Crippen LogP contribution in [0.2, 0.25) is 0 Å². The number of nitrogens with one attached hydrogen (secondary N) is 1. The molecule has 1 fully saturated rings.